The summed E-state index contributed by atoms with van der Waals surface area (Å²) in [6.07, 6.45) is -0.687. The second-order valence-electron chi connectivity index (χ2n) is 2.50. The third-order valence-corrected chi connectivity index (χ3v) is 1.29. The second-order valence-corrected chi connectivity index (χ2v) is 2.50. The molecule has 0 radical (unpaired) electrons. The van der Waals surface area contributed by atoms with E-state index in [0.29, 0.717) is 0 Å². The summed E-state index contributed by atoms with van der Waals surface area (Å²) in [5, 5.41) is 8.52. The standard InChI is InChI=1S/C6H7NO3/c1-6(2-7)3-9-5(8)10-4-6/h3-4H2,1H3. The van der Waals surface area contributed by atoms with Gasteiger partial charge in [-0.2, -0.15) is 5.26 Å². The lowest BCUT2D eigenvalue weighted by Crippen LogP contribution is -2.35. The molecule has 1 rings (SSSR count). The number of hydrogen-bond acceptors (Lipinski definition) is 4. The SMILES string of the molecule is CC1(C#N)COC(=O)OC1. The maximum Gasteiger partial charge on any atom is 0.508 e. The first-order chi connectivity index (χ1) is 4.66. The minimum absolute atomic E-state index is 0.127. The van der Waals surface area contributed by atoms with Gasteiger partial charge < -0.3 is 9.47 Å². The first kappa shape index (κ1) is 6.87. The highest BCUT2D eigenvalue weighted by molar-refractivity contribution is 5.60. The zero-order valence-corrected chi connectivity index (χ0v) is 5.59. The van der Waals surface area contributed by atoms with Crippen LogP contribution in [0.4, 0.5) is 4.79 Å². The second kappa shape index (κ2) is 2.18. The molecule has 1 heterocycles. The van der Waals surface area contributed by atoms with Crippen molar-refractivity contribution < 1.29 is 14.3 Å². The maximum absolute atomic E-state index is 10.3. The number of carbonyl (C=O) groups excluding carboxylic acids is 1. The van der Waals surface area contributed by atoms with E-state index in [9.17, 15) is 4.79 Å². The number of nitriles is 1. The van der Waals surface area contributed by atoms with Gasteiger partial charge in [0.1, 0.15) is 18.6 Å². The van der Waals surface area contributed by atoms with Gasteiger partial charge in [0.05, 0.1) is 6.07 Å². The van der Waals surface area contributed by atoms with Crippen molar-refractivity contribution in [3.8, 4) is 6.07 Å². The van der Waals surface area contributed by atoms with Gasteiger partial charge in [0.2, 0.25) is 0 Å². The molecule has 0 aromatic carbocycles. The third kappa shape index (κ3) is 1.18. The molecular weight excluding hydrogens is 134 g/mol. The van der Waals surface area contributed by atoms with Crippen molar-refractivity contribution in [1.82, 2.24) is 0 Å². The van der Waals surface area contributed by atoms with Crippen molar-refractivity contribution in [2.75, 3.05) is 13.2 Å². The summed E-state index contributed by atoms with van der Waals surface area (Å²) >= 11 is 0. The number of cyclic esters (lactones) is 2. The fourth-order valence-electron chi connectivity index (χ4n) is 0.584. The van der Waals surface area contributed by atoms with Crippen LogP contribution in [0.25, 0.3) is 0 Å². The first-order valence-electron chi connectivity index (χ1n) is 2.87. The highest BCUT2D eigenvalue weighted by Gasteiger charge is 2.32. The lowest BCUT2D eigenvalue weighted by molar-refractivity contribution is -0.0304. The van der Waals surface area contributed by atoms with E-state index in [2.05, 4.69) is 9.47 Å². The molecule has 0 atom stereocenters. The van der Waals surface area contributed by atoms with Gasteiger partial charge in [-0.15, -0.1) is 0 Å². The Morgan fingerprint density at radius 3 is 2.50 bits per heavy atom. The third-order valence-electron chi connectivity index (χ3n) is 1.29. The van der Waals surface area contributed by atoms with E-state index in [1.807, 2.05) is 6.07 Å². The minimum atomic E-state index is -0.687. The minimum Gasteiger partial charge on any atom is -0.432 e. The molecule has 0 amide bonds. The van der Waals surface area contributed by atoms with Crippen LogP contribution in [0.2, 0.25) is 0 Å². The molecule has 4 nitrogen and oxygen atoms in total. The van der Waals surface area contributed by atoms with Crippen molar-refractivity contribution in [1.29, 1.82) is 5.26 Å². The van der Waals surface area contributed by atoms with Crippen LogP contribution in [-0.4, -0.2) is 19.4 Å². The quantitative estimate of drug-likeness (QED) is 0.465. The van der Waals surface area contributed by atoms with Gasteiger partial charge in [0.15, 0.2) is 0 Å². The van der Waals surface area contributed by atoms with Crippen LogP contribution in [0.3, 0.4) is 0 Å². The molecule has 0 saturated carbocycles. The highest BCUT2D eigenvalue weighted by atomic mass is 16.7. The number of ether oxygens (including phenoxy) is 2. The van der Waals surface area contributed by atoms with Gasteiger partial charge >= 0.3 is 6.16 Å². The van der Waals surface area contributed by atoms with Crippen molar-refractivity contribution in [3.63, 3.8) is 0 Å². The summed E-state index contributed by atoms with van der Waals surface area (Å²) in [7, 11) is 0. The van der Waals surface area contributed by atoms with Gasteiger partial charge in [0.25, 0.3) is 0 Å². The molecule has 0 aliphatic carbocycles. The van der Waals surface area contributed by atoms with Crippen LogP contribution >= 0.6 is 0 Å². The molecule has 1 aliphatic rings. The van der Waals surface area contributed by atoms with Gasteiger partial charge in [-0.25, -0.2) is 4.79 Å². The Labute approximate surface area is 58.3 Å². The molecule has 1 fully saturated rings. The molecule has 54 valence electrons. The Morgan fingerprint density at radius 1 is 1.60 bits per heavy atom. The normalized spacial score (nSPS) is 22.2. The van der Waals surface area contributed by atoms with Gasteiger partial charge in [0, 0.05) is 0 Å². The predicted molar refractivity (Wildman–Crippen MR) is 31.0 cm³/mol. The lowest BCUT2D eigenvalue weighted by Gasteiger charge is -2.24. The van der Waals surface area contributed by atoms with Crippen LogP contribution in [-0.2, 0) is 9.47 Å². The Balaban J connectivity index is 2.56. The average molecular weight is 141 g/mol. The van der Waals surface area contributed by atoms with Crippen LogP contribution in [0.5, 0.6) is 0 Å². The molecule has 0 N–H and O–H groups in total. The Morgan fingerprint density at radius 2 is 2.10 bits per heavy atom. The molecule has 0 aromatic rings. The smallest absolute Gasteiger partial charge is 0.432 e. The monoisotopic (exact) mass is 141 g/mol. The summed E-state index contributed by atoms with van der Waals surface area (Å²) in [6, 6.07) is 2.00. The Hall–Kier alpha value is -1.24. The Bertz CT molecular complexity index is 184. The van der Waals surface area contributed by atoms with E-state index in [1.165, 1.54) is 0 Å². The van der Waals surface area contributed by atoms with Crippen molar-refractivity contribution in [2.45, 2.75) is 6.92 Å². The molecule has 4 heteroatoms. The van der Waals surface area contributed by atoms with E-state index in [0.717, 1.165) is 0 Å². The van der Waals surface area contributed by atoms with E-state index in [1.54, 1.807) is 6.92 Å². The van der Waals surface area contributed by atoms with E-state index < -0.39 is 11.6 Å². The van der Waals surface area contributed by atoms with Crippen LogP contribution in [0.15, 0.2) is 0 Å². The summed E-state index contributed by atoms with van der Waals surface area (Å²) in [5.41, 5.74) is -0.659. The molecule has 0 spiro atoms. The highest BCUT2D eigenvalue weighted by Crippen LogP contribution is 2.20. The fraction of sp³-hybridized carbons (Fsp3) is 0.667. The molecule has 0 bridgehead atoms. The molecule has 1 saturated heterocycles. The molecule has 10 heavy (non-hydrogen) atoms. The van der Waals surface area contributed by atoms with Crippen LogP contribution < -0.4 is 0 Å². The van der Waals surface area contributed by atoms with E-state index in [-0.39, 0.29) is 13.2 Å². The zero-order chi connectivity index (χ0) is 7.61. The zero-order valence-electron chi connectivity index (χ0n) is 5.59. The maximum atomic E-state index is 10.3. The average Bonchev–Trinajstić information content (AvgIpc) is 1.96. The van der Waals surface area contributed by atoms with E-state index >= 15 is 0 Å². The fourth-order valence-corrected chi connectivity index (χ4v) is 0.584. The van der Waals surface area contributed by atoms with Crippen LogP contribution in [0.1, 0.15) is 6.92 Å². The molecule has 0 aromatic heterocycles. The number of rotatable bonds is 0. The van der Waals surface area contributed by atoms with Crippen molar-refractivity contribution in [2.24, 2.45) is 5.41 Å². The van der Waals surface area contributed by atoms with Gasteiger partial charge in [-0.1, -0.05) is 0 Å². The summed E-state index contributed by atoms with van der Waals surface area (Å²) in [6.45, 7) is 1.93. The van der Waals surface area contributed by atoms with Crippen molar-refractivity contribution >= 4 is 6.16 Å². The summed E-state index contributed by atoms with van der Waals surface area (Å²) < 4.78 is 9.00. The number of nitrogens with zero attached hydrogens (tertiary/aromatic N) is 1. The van der Waals surface area contributed by atoms with Crippen LogP contribution in [0, 0.1) is 16.7 Å². The van der Waals surface area contributed by atoms with Gasteiger partial charge in [-0.3, -0.25) is 0 Å². The predicted octanol–water partition coefficient (Wildman–Crippen LogP) is 0.683. The first-order valence-corrected chi connectivity index (χ1v) is 2.87. The topological polar surface area (TPSA) is 59.3 Å². The lowest BCUT2D eigenvalue weighted by atomic mass is 9.95. The number of carbonyl (C=O) groups is 1. The summed E-state index contributed by atoms with van der Waals surface area (Å²) in [4.78, 5) is 10.3. The van der Waals surface area contributed by atoms with Gasteiger partial charge in [-0.05, 0) is 6.92 Å². The molecular formula is C6H7NO3. The van der Waals surface area contributed by atoms with E-state index in [4.69, 9.17) is 5.26 Å². The Kier molecular flexibility index (Phi) is 1.50. The summed E-state index contributed by atoms with van der Waals surface area (Å²) in [5.74, 6) is 0. The largest absolute Gasteiger partial charge is 0.508 e. The molecule has 0 unspecified atom stereocenters. The van der Waals surface area contributed by atoms with Crippen molar-refractivity contribution in [3.05, 3.63) is 0 Å². The molecule has 1 aliphatic heterocycles. The number of hydrogen-bond donors (Lipinski definition) is 0.